The Morgan fingerprint density at radius 3 is 2.53 bits per heavy atom. The van der Waals surface area contributed by atoms with Gasteiger partial charge in [-0.25, -0.2) is 23.1 Å². The molecule has 0 saturated heterocycles. The van der Waals surface area contributed by atoms with Crippen molar-refractivity contribution in [3.05, 3.63) is 64.7 Å². The second-order valence-electron chi connectivity index (χ2n) is 11.5. The van der Waals surface area contributed by atoms with Crippen LogP contribution < -0.4 is 19.8 Å². The first kappa shape index (κ1) is 34.1. The number of nitrogens with zero attached hydrogens (tertiary/aromatic N) is 6. The molecule has 0 fully saturated rings. The quantitative estimate of drug-likeness (QED) is 0.193. The normalized spacial score (nSPS) is 14.6. The van der Waals surface area contributed by atoms with E-state index in [0.29, 0.717) is 49.3 Å². The van der Waals surface area contributed by atoms with E-state index in [1.807, 2.05) is 32.0 Å². The molecule has 0 radical (unpaired) electrons. The van der Waals surface area contributed by atoms with Crippen LogP contribution in [0, 0.1) is 13.8 Å². The van der Waals surface area contributed by atoms with E-state index in [1.165, 1.54) is 38.4 Å². The molecule has 0 aliphatic carbocycles. The largest absolute Gasteiger partial charge is 0.493 e. The molecule has 11 nitrogen and oxygen atoms in total. The summed E-state index contributed by atoms with van der Waals surface area (Å²) in [5, 5.41) is 4.72. The van der Waals surface area contributed by atoms with Crippen molar-refractivity contribution in [2.24, 2.45) is 9.98 Å². The van der Waals surface area contributed by atoms with Crippen LogP contribution in [-0.4, -0.2) is 74.4 Å². The van der Waals surface area contributed by atoms with E-state index in [9.17, 15) is 8.42 Å². The molecule has 0 spiro atoms. The van der Waals surface area contributed by atoms with Crippen LogP contribution >= 0.6 is 0 Å². The van der Waals surface area contributed by atoms with Gasteiger partial charge in [0.05, 0.1) is 18.6 Å². The van der Waals surface area contributed by atoms with Gasteiger partial charge in [-0.3, -0.25) is 10.4 Å². The number of likely N-dealkylation sites (N-methyl/N-ethyl adjacent to an activating group) is 1. The van der Waals surface area contributed by atoms with Crippen LogP contribution in [0.3, 0.4) is 0 Å². The van der Waals surface area contributed by atoms with Gasteiger partial charge in [0.25, 0.3) is 0 Å². The maximum atomic E-state index is 11.5. The van der Waals surface area contributed by atoms with E-state index in [1.54, 1.807) is 11.8 Å². The van der Waals surface area contributed by atoms with Crippen molar-refractivity contribution in [3.63, 3.8) is 0 Å². The monoisotopic (exact) mass is 636 g/mol. The molecule has 1 aromatic heterocycles. The average molecular weight is 637 g/mol. The number of rotatable bonds is 17. The number of hydrogen-bond acceptors (Lipinski definition) is 8. The van der Waals surface area contributed by atoms with Gasteiger partial charge >= 0.3 is 0 Å². The summed E-state index contributed by atoms with van der Waals surface area (Å²) in [7, 11) is -1.52. The van der Waals surface area contributed by atoms with Crippen LogP contribution in [0.1, 0.15) is 80.7 Å². The van der Waals surface area contributed by atoms with Gasteiger partial charge in [-0.15, -0.1) is 9.89 Å². The maximum absolute atomic E-state index is 11.5. The summed E-state index contributed by atoms with van der Waals surface area (Å²) in [6, 6.07) is 12.3. The van der Waals surface area contributed by atoms with Gasteiger partial charge in [0.1, 0.15) is 5.75 Å². The average Bonchev–Trinajstić information content (AvgIpc) is 3.53. The summed E-state index contributed by atoms with van der Waals surface area (Å²) >= 11 is 0. The lowest BCUT2D eigenvalue weighted by Gasteiger charge is -2.23. The Labute approximate surface area is 268 Å². The Kier molecular flexibility index (Phi) is 12.1. The van der Waals surface area contributed by atoms with Gasteiger partial charge in [-0.05, 0) is 57.0 Å². The second kappa shape index (κ2) is 16.0. The zero-order valence-electron chi connectivity index (χ0n) is 27.6. The number of fused-ring (bicyclic) bond motifs is 1. The standard InChI is InChI=1S/C33H48N8O3S/c1-7-9-10-11-12-13-20-44-29-17-14-24(3)21-26(29)23-30-37-33-31(32(34-5)39-41(33)38-30)36-28-16-15-27(22-25(28)4)40(8-2)19-18-35-45(6,42)43/h14-17,21-22,35H,7-13,18-20,23H2,1-6H3,(H,34,39). The van der Waals surface area contributed by atoms with Gasteiger partial charge < -0.3 is 9.64 Å². The minimum atomic E-state index is -3.23. The van der Waals surface area contributed by atoms with Crippen molar-refractivity contribution in [1.29, 1.82) is 0 Å². The maximum Gasteiger partial charge on any atom is 0.208 e. The SMILES string of the molecule is CCCCCCCCOc1ccc(C)cc1Cc1nc2n(n1)NC(=NC)C2=Nc1ccc(N(CC)CCNS(C)(=O)=O)cc1C. The number of sulfonamides is 1. The molecule has 2 heterocycles. The summed E-state index contributed by atoms with van der Waals surface area (Å²) in [5.74, 6) is 2.76. The zero-order chi connectivity index (χ0) is 32.4. The summed E-state index contributed by atoms with van der Waals surface area (Å²) in [4.78, 5) is 18.0. The highest BCUT2D eigenvalue weighted by molar-refractivity contribution is 7.88. The number of nitrogens with one attached hydrogen (secondary N) is 2. The number of benzene rings is 2. The smallest absolute Gasteiger partial charge is 0.208 e. The summed E-state index contributed by atoms with van der Waals surface area (Å²) in [5.41, 5.74) is 8.84. The molecule has 244 valence electrons. The summed E-state index contributed by atoms with van der Waals surface area (Å²) < 4.78 is 31.7. The van der Waals surface area contributed by atoms with Gasteiger partial charge in [-0.2, -0.15) is 0 Å². The third-order valence-corrected chi connectivity index (χ3v) is 8.48. The third kappa shape index (κ3) is 9.61. The van der Waals surface area contributed by atoms with Crippen molar-refractivity contribution in [1.82, 2.24) is 19.6 Å². The van der Waals surface area contributed by atoms with Crippen LogP contribution in [0.2, 0.25) is 0 Å². The van der Waals surface area contributed by atoms with Gasteiger partial charge in [-0.1, -0.05) is 56.7 Å². The fourth-order valence-corrected chi connectivity index (χ4v) is 5.78. The first-order valence-corrected chi connectivity index (χ1v) is 17.8. The molecule has 0 atom stereocenters. The van der Waals surface area contributed by atoms with Crippen molar-refractivity contribution in [2.45, 2.75) is 72.6 Å². The molecule has 12 heteroatoms. The molecular formula is C33H48N8O3S. The van der Waals surface area contributed by atoms with E-state index in [2.05, 4.69) is 52.1 Å². The highest BCUT2D eigenvalue weighted by Gasteiger charge is 2.29. The number of unbranched alkanes of at least 4 members (excludes halogenated alkanes) is 5. The van der Waals surface area contributed by atoms with E-state index in [0.717, 1.165) is 46.8 Å². The summed E-state index contributed by atoms with van der Waals surface area (Å²) in [6.45, 7) is 10.7. The molecule has 2 N–H and O–H groups in total. The first-order chi connectivity index (χ1) is 21.6. The van der Waals surface area contributed by atoms with E-state index in [4.69, 9.17) is 19.8 Å². The molecule has 0 saturated carbocycles. The molecule has 4 rings (SSSR count). The number of amidine groups is 1. The Morgan fingerprint density at radius 2 is 1.82 bits per heavy atom. The lowest BCUT2D eigenvalue weighted by Crippen LogP contribution is -2.34. The van der Waals surface area contributed by atoms with Crippen molar-refractivity contribution in [3.8, 4) is 5.75 Å². The minimum absolute atomic E-state index is 0.338. The molecule has 1 aliphatic heterocycles. The predicted molar refractivity (Wildman–Crippen MR) is 184 cm³/mol. The van der Waals surface area contributed by atoms with Crippen LogP contribution in [0.5, 0.6) is 5.75 Å². The lowest BCUT2D eigenvalue weighted by molar-refractivity contribution is 0.301. The molecular weight excluding hydrogens is 588 g/mol. The van der Waals surface area contributed by atoms with Crippen LogP contribution in [0.15, 0.2) is 46.4 Å². The molecule has 0 amide bonds. The van der Waals surface area contributed by atoms with Crippen LogP contribution in [0.25, 0.3) is 0 Å². The van der Waals surface area contributed by atoms with Crippen molar-refractivity contribution in [2.75, 3.05) is 49.9 Å². The van der Waals surface area contributed by atoms with Crippen molar-refractivity contribution >= 4 is 32.9 Å². The minimum Gasteiger partial charge on any atom is -0.493 e. The lowest BCUT2D eigenvalue weighted by atomic mass is 10.1. The number of aromatic nitrogens is 3. The van der Waals surface area contributed by atoms with Gasteiger partial charge in [0.15, 0.2) is 17.4 Å². The van der Waals surface area contributed by atoms with Crippen molar-refractivity contribution < 1.29 is 13.2 Å². The molecule has 0 unspecified atom stereocenters. The van der Waals surface area contributed by atoms with E-state index in [-0.39, 0.29) is 0 Å². The summed E-state index contributed by atoms with van der Waals surface area (Å²) in [6.07, 6.45) is 9.05. The number of anilines is 1. The molecule has 0 bridgehead atoms. The number of hydrogen-bond donors (Lipinski definition) is 2. The van der Waals surface area contributed by atoms with Crippen LogP contribution in [-0.2, 0) is 16.4 Å². The number of ether oxygens (including phenoxy) is 1. The second-order valence-corrected chi connectivity index (χ2v) is 13.4. The first-order valence-electron chi connectivity index (χ1n) is 15.9. The number of aryl methyl sites for hydroxylation is 2. The molecule has 1 aliphatic rings. The number of aliphatic imine (C=N–C) groups is 2. The topological polar surface area (TPSA) is 126 Å². The van der Waals surface area contributed by atoms with E-state index < -0.39 is 10.0 Å². The van der Waals surface area contributed by atoms with Crippen LogP contribution in [0.4, 0.5) is 11.4 Å². The van der Waals surface area contributed by atoms with Gasteiger partial charge in [0.2, 0.25) is 15.8 Å². The predicted octanol–water partition coefficient (Wildman–Crippen LogP) is 5.31. The Hall–Kier alpha value is -3.77. The van der Waals surface area contributed by atoms with Gasteiger partial charge in [0, 0.05) is 44.4 Å². The fourth-order valence-electron chi connectivity index (χ4n) is 5.32. The molecule has 45 heavy (non-hydrogen) atoms. The zero-order valence-corrected chi connectivity index (χ0v) is 28.4. The van der Waals surface area contributed by atoms with E-state index >= 15 is 0 Å². The Bertz CT molecular complexity index is 1610. The fraction of sp³-hybridized carbons (Fsp3) is 0.515. The highest BCUT2D eigenvalue weighted by atomic mass is 32.2. The Balaban J connectivity index is 1.49. The molecule has 2 aromatic carbocycles. The Morgan fingerprint density at radius 1 is 1.04 bits per heavy atom. The third-order valence-electron chi connectivity index (χ3n) is 7.75. The highest BCUT2D eigenvalue weighted by Crippen LogP contribution is 2.27. The molecule has 3 aromatic rings.